The van der Waals surface area contributed by atoms with Crippen LogP contribution in [0.4, 0.5) is 0 Å². The predicted molar refractivity (Wildman–Crippen MR) is 72.7 cm³/mol. The molecule has 2 atom stereocenters. The van der Waals surface area contributed by atoms with Gasteiger partial charge in [-0.25, -0.2) is 0 Å². The Bertz CT molecular complexity index is 193. The van der Waals surface area contributed by atoms with E-state index in [2.05, 4.69) is 19.2 Å². The van der Waals surface area contributed by atoms with Crippen LogP contribution >= 0.6 is 11.8 Å². The van der Waals surface area contributed by atoms with E-state index in [0.29, 0.717) is 6.04 Å². The summed E-state index contributed by atoms with van der Waals surface area (Å²) in [6.07, 6.45) is 2.96. The van der Waals surface area contributed by atoms with Gasteiger partial charge in [-0.2, -0.15) is 0 Å². The van der Waals surface area contributed by atoms with Gasteiger partial charge in [0.1, 0.15) is 0 Å². The van der Waals surface area contributed by atoms with Crippen molar-refractivity contribution in [1.82, 2.24) is 5.32 Å². The Morgan fingerprint density at radius 2 is 1.88 bits per heavy atom. The molecule has 0 rings (SSSR count). The van der Waals surface area contributed by atoms with Crippen LogP contribution in [0.3, 0.4) is 0 Å². The van der Waals surface area contributed by atoms with Crippen LogP contribution in [-0.2, 0) is 4.79 Å². The number of hydrogen-bond donors (Lipinski definition) is 2. The van der Waals surface area contributed by atoms with Crippen molar-refractivity contribution in [2.45, 2.75) is 64.3 Å². The van der Waals surface area contributed by atoms with Crippen LogP contribution in [0.15, 0.2) is 0 Å². The molecule has 0 aliphatic rings. The first-order valence-electron chi connectivity index (χ1n) is 6.18. The highest BCUT2D eigenvalue weighted by molar-refractivity contribution is 8.00. The zero-order valence-electron chi connectivity index (χ0n) is 11.0. The van der Waals surface area contributed by atoms with Gasteiger partial charge in [0.05, 0.1) is 5.25 Å². The van der Waals surface area contributed by atoms with E-state index in [0.717, 1.165) is 25.0 Å². The molecule has 16 heavy (non-hydrogen) atoms. The maximum Gasteiger partial charge on any atom is 0.233 e. The van der Waals surface area contributed by atoms with E-state index in [1.54, 1.807) is 11.8 Å². The Morgan fingerprint density at radius 1 is 1.31 bits per heavy atom. The number of carbonyl (C=O) groups is 1. The van der Waals surface area contributed by atoms with Crippen molar-refractivity contribution in [2.24, 2.45) is 5.73 Å². The van der Waals surface area contributed by atoms with Gasteiger partial charge in [0.2, 0.25) is 5.91 Å². The third-order valence-corrected chi connectivity index (χ3v) is 3.83. The van der Waals surface area contributed by atoms with E-state index in [9.17, 15) is 4.79 Å². The largest absolute Gasteiger partial charge is 0.352 e. The molecule has 0 aliphatic heterocycles. The van der Waals surface area contributed by atoms with Crippen LogP contribution in [0.1, 0.15) is 47.0 Å². The van der Waals surface area contributed by atoms with Crippen molar-refractivity contribution in [2.75, 3.05) is 5.75 Å². The maximum absolute atomic E-state index is 11.8. The molecule has 0 aromatic rings. The summed E-state index contributed by atoms with van der Waals surface area (Å²) >= 11 is 1.68. The third kappa shape index (κ3) is 7.12. The lowest BCUT2D eigenvalue weighted by Crippen LogP contribution is -2.38. The molecule has 0 bridgehead atoms. The number of nitrogens with two attached hydrogens (primary N) is 1. The fourth-order valence-electron chi connectivity index (χ4n) is 1.32. The molecule has 0 fully saturated rings. The van der Waals surface area contributed by atoms with Crippen molar-refractivity contribution in [3.63, 3.8) is 0 Å². The molecule has 0 saturated carbocycles. The quantitative estimate of drug-likeness (QED) is 0.690. The molecule has 0 spiro atoms. The topological polar surface area (TPSA) is 55.1 Å². The summed E-state index contributed by atoms with van der Waals surface area (Å²) in [5, 5.41) is 3.09. The first-order chi connectivity index (χ1) is 7.51. The standard InChI is InChI=1S/C12H26N2OS/c1-5-11(6-2)14-12(15)10(4)16-8-7-9(3)13/h9-11H,5-8,13H2,1-4H3,(H,14,15). The van der Waals surface area contributed by atoms with Gasteiger partial charge in [0.15, 0.2) is 0 Å². The second kappa shape index (κ2) is 8.88. The highest BCUT2D eigenvalue weighted by Crippen LogP contribution is 2.13. The number of thioether (sulfide) groups is 1. The fraction of sp³-hybridized carbons (Fsp3) is 0.917. The lowest BCUT2D eigenvalue weighted by molar-refractivity contribution is -0.121. The van der Waals surface area contributed by atoms with E-state index >= 15 is 0 Å². The minimum Gasteiger partial charge on any atom is -0.352 e. The Kier molecular flexibility index (Phi) is 8.76. The van der Waals surface area contributed by atoms with Crippen molar-refractivity contribution >= 4 is 17.7 Å². The van der Waals surface area contributed by atoms with E-state index in [-0.39, 0.29) is 17.2 Å². The van der Waals surface area contributed by atoms with Crippen molar-refractivity contribution in [3.8, 4) is 0 Å². The monoisotopic (exact) mass is 246 g/mol. The van der Waals surface area contributed by atoms with E-state index < -0.39 is 0 Å². The summed E-state index contributed by atoms with van der Waals surface area (Å²) in [4.78, 5) is 11.8. The number of nitrogens with one attached hydrogen (secondary N) is 1. The van der Waals surface area contributed by atoms with Gasteiger partial charge in [-0.15, -0.1) is 11.8 Å². The molecule has 0 heterocycles. The van der Waals surface area contributed by atoms with Crippen LogP contribution in [0.5, 0.6) is 0 Å². The van der Waals surface area contributed by atoms with Crippen LogP contribution < -0.4 is 11.1 Å². The second-order valence-corrected chi connectivity index (χ2v) is 5.75. The lowest BCUT2D eigenvalue weighted by atomic mass is 10.2. The molecular weight excluding hydrogens is 220 g/mol. The van der Waals surface area contributed by atoms with Crippen molar-refractivity contribution in [3.05, 3.63) is 0 Å². The van der Waals surface area contributed by atoms with Gasteiger partial charge >= 0.3 is 0 Å². The SMILES string of the molecule is CCC(CC)NC(=O)C(C)SCCC(C)N. The molecule has 0 aliphatic carbocycles. The normalized spacial score (nSPS) is 14.9. The van der Waals surface area contributed by atoms with Gasteiger partial charge in [-0.05, 0) is 38.9 Å². The van der Waals surface area contributed by atoms with E-state index in [4.69, 9.17) is 5.73 Å². The summed E-state index contributed by atoms with van der Waals surface area (Å²) < 4.78 is 0. The maximum atomic E-state index is 11.8. The highest BCUT2D eigenvalue weighted by atomic mass is 32.2. The molecule has 96 valence electrons. The zero-order chi connectivity index (χ0) is 12.6. The Morgan fingerprint density at radius 3 is 2.31 bits per heavy atom. The van der Waals surface area contributed by atoms with Crippen LogP contribution in [0, 0.1) is 0 Å². The Hall–Kier alpha value is -0.220. The third-order valence-electron chi connectivity index (χ3n) is 2.64. The minimum atomic E-state index is 0.0272. The summed E-state index contributed by atoms with van der Waals surface area (Å²) in [6, 6.07) is 0.547. The van der Waals surface area contributed by atoms with Crippen LogP contribution in [-0.4, -0.2) is 29.0 Å². The van der Waals surface area contributed by atoms with Crippen molar-refractivity contribution in [1.29, 1.82) is 0 Å². The molecule has 3 nitrogen and oxygen atoms in total. The number of hydrogen-bond acceptors (Lipinski definition) is 3. The molecule has 4 heteroatoms. The number of amides is 1. The Balaban J connectivity index is 3.80. The summed E-state index contributed by atoms with van der Waals surface area (Å²) in [7, 11) is 0. The molecule has 0 saturated heterocycles. The van der Waals surface area contributed by atoms with Crippen molar-refractivity contribution < 1.29 is 4.79 Å². The molecule has 0 aromatic heterocycles. The number of carbonyl (C=O) groups excluding carboxylic acids is 1. The lowest BCUT2D eigenvalue weighted by Gasteiger charge is -2.18. The second-order valence-electron chi connectivity index (χ2n) is 4.30. The molecule has 0 aromatic carbocycles. The predicted octanol–water partition coefficient (Wildman–Crippen LogP) is 2.15. The summed E-state index contributed by atoms with van der Waals surface area (Å²) in [5.41, 5.74) is 5.66. The zero-order valence-corrected chi connectivity index (χ0v) is 11.8. The summed E-state index contributed by atoms with van der Waals surface area (Å²) in [5.74, 6) is 1.11. The smallest absolute Gasteiger partial charge is 0.233 e. The van der Waals surface area contributed by atoms with Gasteiger partial charge < -0.3 is 11.1 Å². The molecule has 2 unspecified atom stereocenters. The average molecular weight is 246 g/mol. The first kappa shape index (κ1) is 15.8. The van der Waals surface area contributed by atoms with E-state index in [1.165, 1.54) is 0 Å². The molecule has 1 amide bonds. The Labute approximate surface area is 104 Å². The van der Waals surface area contributed by atoms with Gasteiger partial charge in [-0.1, -0.05) is 13.8 Å². The van der Waals surface area contributed by atoms with Crippen LogP contribution in [0.25, 0.3) is 0 Å². The fourth-order valence-corrected chi connectivity index (χ4v) is 2.40. The van der Waals surface area contributed by atoms with Gasteiger partial charge in [0.25, 0.3) is 0 Å². The highest BCUT2D eigenvalue weighted by Gasteiger charge is 2.15. The molecule has 0 radical (unpaired) electrons. The van der Waals surface area contributed by atoms with Gasteiger partial charge in [-0.3, -0.25) is 4.79 Å². The molecule has 3 N–H and O–H groups in total. The van der Waals surface area contributed by atoms with E-state index in [1.807, 2.05) is 13.8 Å². The minimum absolute atomic E-state index is 0.0272. The molecular formula is C12H26N2OS. The number of rotatable bonds is 8. The summed E-state index contributed by atoms with van der Waals surface area (Å²) in [6.45, 7) is 8.16. The van der Waals surface area contributed by atoms with Gasteiger partial charge in [0, 0.05) is 12.1 Å². The van der Waals surface area contributed by atoms with Crippen LogP contribution in [0.2, 0.25) is 0 Å². The average Bonchev–Trinajstić information content (AvgIpc) is 2.24. The first-order valence-corrected chi connectivity index (χ1v) is 7.23.